The fraction of sp³-hybridized carbons (Fsp3) is 0.385. The van der Waals surface area contributed by atoms with Crippen molar-refractivity contribution in [2.45, 2.75) is 24.3 Å². The van der Waals surface area contributed by atoms with Crippen molar-refractivity contribution in [2.24, 2.45) is 5.73 Å². The molecule has 2 N–H and O–H groups in total. The van der Waals surface area contributed by atoms with Crippen LogP contribution in [0.15, 0.2) is 18.2 Å². The van der Waals surface area contributed by atoms with Crippen molar-refractivity contribution in [1.82, 2.24) is 0 Å². The van der Waals surface area contributed by atoms with Crippen LogP contribution in [0.5, 0.6) is 0 Å². The molecule has 0 radical (unpaired) electrons. The molecule has 1 unspecified atom stereocenters. The predicted molar refractivity (Wildman–Crippen MR) is 73.6 cm³/mol. The van der Waals surface area contributed by atoms with Crippen molar-refractivity contribution >= 4 is 21.7 Å². The van der Waals surface area contributed by atoms with Crippen LogP contribution in [0.2, 0.25) is 0 Å². The van der Waals surface area contributed by atoms with Crippen LogP contribution in [0.25, 0.3) is 0 Å². The second kappa shape index (κ2) is 6.66. The van der Waals surface area contributed by atoms with Crippen molar-refractivity contribution in [2.75, 3.05) is 7.11 Å². The lowest BCUT2D eigenvalue weighted by molar-refractivity contribution is -0.140. The van der Waals surface area contributed by atoms with Crippen LogP contribution in [0.3, 0.4) is 0 Å². The summed E-state index contributed by atoms with van der Waals surface area (Å²) in [7, 11) is -2.63. The molecule has 1 amide bonds. The molecule has 1 aromatic carbocycles. The molecule has 0 bridgehead atoms. The molecule has 0 fully saturated rings. The van der Waals surface area contributed by atoms with Gasteiger partial charge in [-0.15, -0.1) is 0 Å². The van der Waals surface area contributed by atoms with Crippen molar-refractivity contribution in [3.63, 3.8) is 0 Å². The third-order valence-corrected chi connectivity index (χ3v) is 5.09. The second-order valence-corrected chi connectivity index (χ2v) is 6.99. The number of esters is 1. The van der Waals surface area contributed by atoms with Gasteiger partial charge < -0.3 is 10.5 Å². The number of methoxy groups -OCH3 is 1. The molecule has 0 aliphatic rings. The maximum absolute atomic E-state index is 13.6. The summed E-state index contributed by atoms with van der Waals surface area (Å²) in [5, 5.41) is -1.03. The fourth-order valence-corrected chi connectivity index (χ4v) is 2.97. The van der Waals surface area contributed by atoms with Gasteiger partial charge in [0.1, 0.15) is 5.82 Å². The summed E-state index contributed by atoms with van der Waals surface area (Å²) >= 11 is 0. The Balaban J connectivity index is 3.01. The lowest BCUT2D eigenvalue weighted by Crippen LogP contribution is -2.24. The summed E-state index contributed by atoms with van der Waals surface area (Å²) < 4.78 is 42.2. The minimum atomic E-state index is -3.78. The summed E-state index contributed by atoms with van der Waals surface area (Å²) in [6.07, 6.45) is -0.323. The first-order valence-corrected chi connectivity index (χ1v) is 7.75. The maximum Gasteiger partial charge on any atom is 0.306 e. The first-order chi connectivity index (χ1) is 9.67. The Bertz CT molecular complexity index is 657. The first kappa shape index (κ1) is 17.1. The number of sulfone groups is 1. The Labute approximate surface area is 122 Å². The zero-order valence-corrected chi connectivity index (χ0v) is 12.4. The van der Waals surface area contributed by atoms with E-state index in [-0.39, 0.29) is 17.5 Å². The summed E-state index contributed by atoms with van der Waals surface area (Å²) in [6, 6.07) is 3.25. The van der Waals surface area contributed by atoms with Crippen molar-refractivity contribution in [1.29, 1.82) is 0 Å². The van der Waals surface area contributed by atoms with E-state index in [1.165, 1.54) is 13.0 Å². The number of ether oxygens (including phenoxy) is 1. The van der Waals surface area contributed by atoms with E-state index in [9.17, 15) is 22.4 Å². The molecule has 0 saturated carbocycles. The van der Waals surface area contributed by atoms with Crippen LogP contribution in [0.1, 0.15) is 29.3 Å². The van der Waals surface area contributed by atoms with Gasteiger partial charge in [0.25, 0.3) is 0 Å². The Morgan fingerprint density at radius 3 is 2.52 bits per heavy atom. The number of hydrogen-bond donors (Lipinski definition) is 1. The van der Waals surface area contributed by atoms with E-state index in [4.69, 9.17) is 5.73 Å². The highest BCUT2D eigenvalue weighted by Gasteiger charge is 2.25. The first-order valence-electron chi connectivity index (χ1n) is 6.04. The fourth-order valence-electron chi connectivity index (χ4n) is 1.64. The number of carbonyl (C=O) groups excluding carboxylic acids is 2. The zero-order chi connectivity index (χ0) is 16.2. The van der Waals surface area contributed by atoms with E-state index in [2.05, 4.69) is 4.74 Å². The molecule has 0 saturated heterocycles. The molecular weight excluding hydrogens is 301 g/mol. The van der Waals surface area contributed by atoms with Gasteiger partial charge in [0.2, 0.25) is 5.91 Å². The predicted octanol–water partition coefficient (Wildman–Crippen LogP) is 0.791. The van der Waals surface area contributed by atoms with Gasteiger partial charge in [0.05, 0.1) is 24.5 Å². The summed E-state index contributed by atoms with van der Waals surface area (Å²) in [4.78, 5) is 22.1. The van der Waals surface area contributed by atoms with Gasteiger partial charge in [-0.3, -0.25) is 9.59 Å². The van der Waals surface area contributed by atoms with E-state index >= 15 is 0 Å². The van der Waals surface area contributed by atoms with Gasteiger partial charge in [-0.2, -0.15) is 0 Å². The second-order valence-electron chi connectivity index (χ2n) is 4.57. The molecule has 0 spiro atoms. The monoisotopic (exact) mass is 317 g/mol. The van der Waals surface area contributed by atoms with Gasteiger partial charge in [0.15, 0.2) is 9.84 Å². The number of nitrogens with two attached hydrogens (primary N) is 1. The number of halogens is 1. The van der Waals surface area contributed by atoms with Crippen molar-refractivity contribution in [3.05, 3.63) is 35.1 Å². The zero-order valence-electron chi connectivity index (χ0n) is 11.6. The topological polar surface area (TPSA) is 104 Å². The van der Waals surface area contributed by atoms with E-state index in [0.717, 1.165) is 19.2 Å². The molecule has 0 aromatic heterocycles. The number of benzene rings is 1. The van der Waals surface area contributed by atoms with E-state index < -0.39 is 38.5 Å². The number of rotatable bonds is 6. The Hall–Kier alpha value is -1.96. The lowest BCUT2D eigenvalue weighted by atomic mass is 10.1. The molecule has 21 heavy (non-hydrogen) atoms. The van der Waals surface area contributed by atoms with Crippen LogP contribution in [0.4, 0.5) is 4.39 Å². The minimum Gasteiger partial charge on any atom is -0.469 e. The average molecular weight is 317 g/mol. The highest BCUT2D eigenvalue weighted by atomic mass is 32.2. The molecule has 8 heteroatoms. The number of hydrogen-bond acceptors (Lipinski definition) is 5. The van der Waals surface area contributed by atoms with E-state index in [0.29, 0.717) is 0 Å². The maximum atomic E-state index is 13.6. The van der Waals surface area contributed by atoms with Crippen LogP contribution in [0, 0.1) is 5.82 Å². The van der Waals surface area contributed by atoms with Crippen LogP contribution in [-0.4, -0.2) is 32.7 Å². The Kier molecular flexibility index (Phi) is 5.42. The average Bonchev–Trinajstić information content (AvgIpc) is 2.40. The SMILES string of the molecule is COC(=O)CC(C)S(=O)(=O)Cc1cc(C(N)=O)ccc1F. The molecule has 1 aromatic rings. The van der Waals surface area contributed by atoms with Crippen LogP contribution >= 0.6 is 0 Å². The van der Waals surface area contributed by atoms with Gasteiger partial charge in [-0.25, -0.2) is 12.8 Å². The largest absolute Gasteiger partial charge is 0.469 e. The van der Waals surface area contributed by atoms with Crippen LogP contribution in [-0.2, 0) is 25.1 Å². The molecule has 6 nitrogen and oxygen atoms in total. The summed E-state index contributed by atoms with van der Waals surface area (Å²) in [6.45, 7) is 1.34. The number of carbonyl (C=O) groups is 2. The molecule has 0 aliphatic heterocycles. The Morgan fingerprint density at radius 2 is 2.00 bits per heavy atom. The van der Waals surface area contributed by atoms with Crippen molar-refractivity contribution in [3.8, 4) is 0 Å². The van der Waals surface area contributed by atoms with Crippen molar-refractivity contribution < 1.29 is 27.1 Å². The van der Waals surface area contributed by atoms with E-state index in [1.807, 2.05) is 0 Å². The summed E-state index contributed by atoms with van der Waals surface area (Å²) in [5.41, 5.74) is 4.92. The van der Waals surface area contributed by atoms with Gasteiger partial charge in [0, 0.05) is 11.1 Å². The molecule has 1 rings (SSSR count). The molecule has 0 heterocycles. The Morgan fingerprint density at radius 1 is 1.38 bits per heavy atom. The van der Waals surface area contributed by atoms with E-state index in [1.54, 1.807) is 0 Å². The number of primary amides is 1. The van der Waals surface area contributed by atoms with Gasteiger partial charge in [-0.05, 0) is 25.1 Å². The van der Waals surface area contributed by atoms with Gasteiger partial charge in [-0.1, -0.05) is 0 Å². The van der Waals surface area contributed by atoms with Crippen LogP contribution < -0.4 is 5.73 Å². The standard InChI is InChI=1S/C13H16FNO5S/c1-8(5-12(16)20-2)21(18,19)7-10-6-9(13(15)17)3-4-11(10)14/h3-4,6,8H,5,7H2,1-2H3,(H2,15,17). The normalized spacial score (nSPS) is 12.7. The third-order valence-electron chi connectivity index (χ3n) is 2.98. The molecule has 0 aliphatic carbocycles. The minimum absolute atomic E-state index is 0.0159. The van der Waals surface area contributed by atoms with Gasteiger partial charge >= 0.3 is 5.97 Å². The quantitative estimate of drug-likeness (QED) is 0.781. The summed E-state index contributed by atoms with van der Waals surface area (Å²) in [5.74, 6) is -2.83. The smallest absolute Gasteiger partial charge is 0.306 e. The number of amides is 1. The molecule has 1 atom stereocenters. The highest BCUT2D eigenvalue weighted by molar-refractivity contribution is 7.91. The lowest BCUT2D eigenvalue weighted by Gasteiger charge is -2.12. The molecule has 116 valence electrons. The molecular formula is C13H16FNO5S. The highest BCUT2D eigenvalue weighted by Crippen LogP contribution is 2.18. The third kappa shape index (κ3) is 4.52.